The molecule has 2 aromatic carbocycles. The van der Waals surface area contributed by atoms with Crippen molar-refractivity contribution in [1.82, 2.24) is 9.62 Å². The van der Waals surface area contributed by atoms with Gasteiger partial charge in [0, 0.05) is 19.6 Å². The highest BCUT2D eigenvalue weighted by Gasteiger charge is 2.33. The van der Waals surface area contributed by atoms with Crippen molar-refractivity contribution in [3.8, 4) is 17.2 Å². The summed E-state index contributed by atoms with van der Waals surface area (Å²) in [6.07, 6.45) is 1.94. The van der Waals surface area contributed by atoms with E-state index in [0.717, 1.165) is 5.56 Å². The molecule has 0 bridgehead atoms. The minimum atomic E-state index is -3.66. The zero-order valence-corrected chi connectivity index (χ0v) is 19.5. The van der Waals surface area contributed by atoms with Crippen LogP contribution in [0.15, 0.2) is 47.4 Å². The first-order chi connectivity index (χ1) is 15.4. The van der Waals surface area contributed by atoms with E-state index in [-0.39, 0.29) is 23.3 Å². The van der Waals surface area contributed by atoms with Crippen LogP contribution in [0.3, 0.4) is 0 Å². The number of carbonyl (C=O) groups excluding carboxylic acids is 1. The van der Waals surface area contributed by atoms with Gasteiger partial charge in [-0.1, -0.05) is 6.07 Å². The maximum absolute atomic E-state index is 13.0. The van der Waals surface area contributed by atoms with Crippen molar-refractivity contribution in [1.29, 1.82) is 0 Å². The fourth-order valence-corrected chi connectivity index (χ4v) is 5.31. The predicted molar refractivity (Wildman–Crippen MR) is 121 cm³/mol. The van der Waals surface area contributed by atoms with E-state index in [0.29, 0.717) is 49.6 Å². The van der Waals surface area contributed by atoms with Crippen LogP contribution in [0.25, 0.3) is 0 Å². The third kappa shape index (κ3) is 5.52. The molecule has 8 nitrogen and oxygen atoms in total. The SMILES string of the molecule is COc1ccc(S(=O)(=O)N2CCC[C@@H](C(=O)NCCc3ccc(OC)c(OC)c3)C2)cc1. The van der Waals surface area contributed by atoms with Crippen molar-refractivity contribution in [2.75, 3.05) is 41.0 Å². The number of ether oxygens (including phenoxy) is 3. The molecule has 1 atom stereocenters. The summed E-state index contributed by atoms with van der Waals surface area (Å²) in [4.78, 5) is 12.9. The van der Waals surface area contributed by atoms with Crippen LogP contribution in [0.5, 0.6) is 17.2 Å². The maximum Gasteiger partial charge on any atom is 0.243 e. The molecule has 1 fully saturated rings. The van der Waals surface area contributed by atoms with E-state index in [9.17, 15) is 13.2 Å². The van der Waals surface area contributed by atoms with Gasteiger partial charge in [-0.2, -0.15) is 4.31 Å². The molecule has 1 aliphatic rings. The van der Waals surface area contributed by atoms with E-state index in [1.807, 2.05) is 18.2 Å². The van der Waals surface area contributed by atoms with Gasteiger partial charge in [0.15, 0.2) is 11.5 Å². The van der Waals surface area contributed by atoms with Gasteiger partial charge in [0.05, 0.1) is 32.1 Å². The van der Waals surface area contributed by atoms with Gasteiger partial charge in [-0.15, -0.1) is 0 Å². The molecule has 9 heteroatoms. The second-order valence-electron chi connectivity index (χ2n) is 7.61. The summed E-state index contributed by atoms with van der Waals surface area (Å²) < 4.78 is 43.0. The molecular weight excluding hydrogens is 432 g/mol. The molecule has 1 amide bonds. The monoisotopic (exact) mass is 462 g/mol. The molecule has 0 aromatic heterocycles. The first-order valence-electron chi connectivity index (χ1n) is 10.5. The molecule has 174 valence electrons. The topological polar surface area (TPSA) is 94.2 Å². The third-order valence-electron chi connectivity index (χ3n) is 5.61. The molecule has 3 rings (SSSR count). The highest BCUT2D eigenvalue weighted by Crippen LogP contribution is 2.28. The summed E-state index contributed by atoms with van der Waals surface area (Å²) in [5, 5.41) is 2.94. The summed E-state index contributed by atoms with van der Waals surface area (Å²) >= 11 is 0. The number of methoxy groups -OCH3 is 3. The molecule has 0 saturated carbocycles. The lowest BCUT2D eigenvalue weighted by molar-refractivity contribution is -0.126. The number of carbonyl (C=O) groups is 1. The molecule has 0 unspecified atom stereocenters. The van der Waals surface area contributed by atoms with Crippen molar-refractivity contribution >= 4 is 15.9 Å². The lowest BCUT2D eigenvalue weighted by Crippen LogP contribution is -2.45. The molecule has 32 heavy (non-hydrogen) atoms. The fourth-order valence-electron chi connectivity index (χ4n) is 3.78. The Balaban J connectivity index is 1.57. The van der Waals surface area contributed by atoms with Gasteiger partial charge in [0.1, 0.15) is 5.75 Å². The quantitative estimate of drug-likeness (QED) is 0.615. The predicted octanol–water partition coefficient (Wildman–Crippen LogP) is 2.47. The Kier molecular flexibility index (Phi) is 7.98. The highest BCUT2D eigenvalue weighted by atomic mass is 32.2. The molecule has 1 N–H and O–H groups in total. The number of hydrogen-bond acceptors (Lipinski definition) is 6. The number of nitrogens with one attached hydrogen (secondary N) is 1. The Morgan fingerprint density at radius 2 is 1.75 bits per heavy atom. The number of sulfonamides is 1. The van der Waals surface area contributed by atoms with Crippen LogP contribution in [0, 0.1) is 5.92 Å². The number of hydrogen-bond donors (Lipinski definition) is 1. The fraction of sp³-hybridized carbons (Fsp3) is 0.435. The summed E-state index contributed by atoms with van der Waals surface area (Å²) in [7, 11) is 1.04. The van der Waals surface area contributed by atoms with Gasteiger partial charge in [-0.3, -0.25) is 4.79 Å². The van der Waals surface area contributed by atoms with Gasteiger partial charge in [0.2, 0.25) is 15.9 Å². The zero-order chi connectivity index (χ0) is 23.1. The Morgan fingerprint density at radius 3 is 2.41 bits per heavy atom. The second-order valence-corrected chi connectivity index (χ2v) is 9.55. The van der Waals surface area contributed by atoms with Gasteiger partial charge in [0.25, 0.3) is 0 Å². The number of amides is 1. The molecule has 1 aliphatic heterocycles. The van der Waals surface area contributed by atoms with E-state index in [1.165, 1.54) is 23.5 Å². The molecule has 0 aliphatic carbocycles. The van der Waals surface area contributed by atoms with Crippen LogP contribution in [0.4, 0.5) is 0 Å². The summed E-state index contributed by atoms with van der Waals surface area (Å²) in [5.41, 5.74) is 1.01. The van der Waals surface area contributed by atoms with Crippen LogP contribution in [0.2, 0.25) is 0 Å². The Bertz CT molecular complexity index is 1020. The van der Waals surface area contributed by atoms with Gasteiger partial charge in [-0.05, 0) is 61.2 Å². The first kappa shape index (κ1) is 23.9. The summed E-state index contributed by atoms with van der Waals surface area (Å²) in [5.74, 6) is 1.39. The lowest BCUT2D eigenvalue weighted by atomic mass is 9.99. The van der Waals surface area contributed by atoms with Gasteiger partial charge >= 0.3 is 0 Å². The number of piperidine rings is 1. The Morgan fingerprint density at radius 1 is 1.03 bits per heavy atom. The van der Waals surface area contributed by atoms with E-state index in [1.54, 1.807) is 26.4 Å². The van der Waals surface area contributed by atoms with Crippen molar-refractivity contribution < 1.29 is 27.4 Å². The van der Waals surface area contributed by atoms with Crippen molar-refractivity contribution in [2.45, 2.75) is 24.2 Å². The minimum Gasteiger partial charge on any atom is -0.497 e. The number of nitrogens with zero attached hydrogens (tertiary/aromatic N) is 1. The van der Waals surface area contributed by atoms with E-state index in [4.69, 9.17) is 14.2 Å². The van der Waals surface area contributed by atoms with Crippen LogP contribution >= 0.6 is 0 Å². The first-order valence-corrected chi connectivity index (χ1v) is 12.0. The average Bonchev–Trinajstić information content (AvgIpc) is 2.83. The number of benzene rings is 2. The van der Waals surface area contributed by atoms with Crippen molar-refractivity contribution in [2.24, 2.45) is 5.92 Å². The Labute approximate surface area is 189 Å². The van der Waals surface area contributed by atoms with Crippen molar-refractivity contribution in [3.63, 3.8) is 0 Å². The highest BCUT2D eigenvalue weighted by molar-refractivity contribution is 7.89. The molecule has 1 heterocycles. The van der Waals surface area contributed by atoms with E-state index < -0.39 is 10.0 Å². The minimum absolute atomic E-state index is 0.125. The van der Waals surface area contributed by atoms with E-state index in [2.05, 4.69) is 5.32 Å². The molecule has 0 spiro atoms. The number of rotatable bonds is 9. The van der Waals surface area contributed by atoms with Crippen LogP contribution in [0.1, 0.15) is 18.4 Å². The van der Waals surface area contributed by atoms with E-state index >= 15 is 0 Å². The van der Waals surface area contributed by atoms with Crippen LogP contribution < -0.4 is 19.5 Å². The molecule has 2 aromatic rings. The standard InChI is InChI=1S/C23H30N2O6S/c1-29-19-7-9-20(10-8-19)32(27,28)25-14-4-5-18(16-25)23(26)24-13-12-17-6-11-21(30-2)22(15-17)31-3/h6-11,15,18H,4-5,12-14,16H2,1-3H3,(H,24,26)/t18-/m1/s1. The van der Waals surface area contributed by atoms with Crippen molar-refractivity contribution in [3.05, 3.63) is 48.0 Å². The van der Waals surface area contributed by atoms with Crippen LogP contribution in [-0.4, -0.2) is 59.6 Å². The second kappa shape index (κ2) is 10.7. The lowest BCUT2D eigenvalue weighted by Gasteiger charge is -2.31. The third-order valence-corrected chi connectivity index (χ3v) is 7.49. The molecule has 1 saturated heterocycles. The Hall–Kier alpha value is -2.78. The smallest absolute Gasteiger partial charge is 0.243 e. The largest absolute Gasteiger partial charge is 0.497 e. The summed E-state index contributed by atoms with van der Waals surface area (Å²) in [6, 6.07) is 11.9. The van der Waals surface area contributed by atoms with Crippen LogP contribution in [-0.2, 0) is 21.2 Å². The van der Waals surface area contributed by atoms with Gasteiger partial charge < -0.3 is 19.5 Å². The maximum atomic E-state index is 13.0. The summed E-state index contributed by atoms with van der Waals surface area (Å²) in [6.45, 7) is 1.04. The normalized spacial score (nSPS) is 16.9. The molecule has 0 radical (unpaired) electrons. The zero-order valence-electron chi connectivity index (χ0n) is 18.7. The average molecular weight is 463 g/mol. The van der Waals surface area contributed by atoms with Gasteiger partial charge in [-0.25, -0.2) is 8.42 Å². The molecular formula is C23H30N2O6S.